The molecular weight excluding hydrogens is 464 g/mol. The third kappa shape index (κ3) is 6.83. The van der Waals surface area contributed by atoms with Gasteiger partial charge < -0.3 is 15.0 Å². The van der Waals surface area contributed by atoms with E-state index in [2.05, 4.69) is 11.4 Å². The molecule has 1 saturated heterocycles. The molecule has 0 unspecified atom stereocenters. The Morgan fingerprint density at radius 2 is 1.68 bits per heavy atom. The van der Waals surface area contributed by atoms with Crippen LogP contribution in [0.15, 0.2) is 83.9 Å². The Hall–Kier alpha value is -4.44. The zero-order valence-corrected chi connectivity index (χ0v) is 21.3. The number of nitrogens with one attached hydrogen (secondary N) is 1. The van der Waals surface area contributed by atoms with Crippen LogP contribution in [0.5, 0.6) is 0 Å². The van der Waals surface area contributed by atoms with Crippen molar-refractivity contribution in [3.8, 4) is 6.07 Å². The lowest BCUT2D eigenvalue weighted by Crippen LogP contribution is -2.43. The Morgan fingerprint density at radius 1 is 1.05 bits per heavy atom. The minimum atomic E-state index is -0.640. The van der Waals surface area contributed by atoms with Crippen molar-refractivity contribution in [2.24, 2.45) is 4.99 Å². The summed E-state index contributed by atoms with van der Waals surface area (Å²) in [5.74, 6) is -0.174. The van der Waals surface area contributed by atoms with Crippen LogP contribution >= 0.6 is 0 Å². The predicted molar refractivity (Wildman–Crippen MR) is 143 cm³/mol. The summed E-state index contributed by atoms with van der Waals surface area (Å²) in [5.41, 5.74) is 3.97. The zero-order chi connectivity index (χ0) is 26.4. The van der Waals surface area contributed by atoms with E-state index in [1.165, 1.54) is 0 Å². The largest absolute Gasteiger partial charge is 0.444 e. The number of nitriles is 1. The molecule has 0 radical (unpaired) electrons. The van der Waals surface area contributed by atoms with Crippen LogP contribution in [0.1, 0.15) is 49.4 Å². The highest BCUT2D eigenvalue weighted by Crippen LogP contribution is 2.24. The molecule has 0 saturated carbocycles. The Morgan fingerprint density at radius 3 is 2.24 bits per heavy atom. The molecule has 7 heteroatoms. The average Bonchev–Trinajstić information content (AvgIpc) is 3.20. The van der Waals surface area contributed by atoms with Gasteiger partial charge in [-0.15, -0.1) is 0 Å². The van der Waals surface area contributed by atoms with Crippen LogP contribution < -0.4 is 5.32 Å². The highest BCUT2D eigenvalue weighted by Gasteiger charge is 2.33. The summed E-state index contributed by atoms with van der Waals surface area (Å²) in [5, 5.41) is 12.3. The van der Waals surface area contributed by atoms with Gasteiger partial charge in [-0.1, -0.05) is 60.7 Å². The van der Waals surface area contributed by atoms with Crippen molar-refractivity contribution in [2.45, 2.75) is 45.4 Å². The molecule has 0 bridgehead atoms. The number of benzene rings is 3. The molecule has 1 heterocycles. The molecule has 1 fully saturated rings. The van der Waals surface area contributed by atoms with Gasteiger partial charge in [0, 0.05) is 24.2 Å². The van der Waals surface area contributed by atoms with Gasteiger partial charge in [0.2, 0.25) is 5.91 Å². The summed E-state index contributed by atoms with van der Waals surface area (Å²) in [7, 11) is 0. The summed E-state index contributed by atoms with van der Waals surface area (Å²) >= 11 is 0. The van der Waals surface area contributed by atoms with Gasteiger partial charge in [0.05, 0.1) is 23.0 Å². The standard InChI is InChI=1S/C30H30N4O3/c1-30(2,3)37-29(36)33-26-14-15-34(28(26)35)20-22-16-21(19-31)17-25(18-22)32-27(23-10-6-4-7-11-23)24-12-8-5-9-13-24/h4-13,16-18,26H,14-15,20H2,1-3H3,(H,33,36)/t26-/m0/s1. The van der Waals surface area contributed by atoms with E-state index in [-0.39, 0.29) is 5.91 Å². The van der Waals surface area contributed by atoms with E-state index in [1.807, 2.05) is 66.7 Å². The number of likely N-dealkylation sites (tertiary alicyclic amines) is 1. The van der Waals surface area contributed by atoms with Crippen LogP contribution in [0.3, 0.4) is 0 Å². The molecule has 188 valence electrons. The Labute approximate surface area is 217 Å². The van der Waals surface area contributed by atoms with Crippen molar-refractivity contribution in [3.05, 3.63) is 101 Å². The van der Waals surface area contributed by atoms with E-state index >= 15 is 0 Å². The zero-order valence-electron chi connectivity index (χ0n) is 21.3. The van der Waals surface area contributed by atoms with Crippen LogP contribution in [0.2, 0.25) is 0 Å². The topological polar surface area (TPSA) is 94.8 Å². The normalized spacial score (nSPS) is 15.1. The second-order valence-electron chi connectivity index (χ2n) is 9.94. The van der Waals surface area contributed by atoms with E-state index in [0.717, 1.165) is 22.4 Å². The predicted octanol–water partition coefficient (Wildman–Crippen LogP) is 5.35. The van der Waals surface area contributed by atoms with E-state index in [1.54, 1.807) is 37.8 Å². The fourth-order valence-electron chi connectivity index (χ4n) is 4.21. The minimum absolute atomic E-state index is 0.174. The maximum Gasteiger partial charge on any atom is 0.408 e. The lowest BCUT2D eigenvalue weighted by Gasteiger charge is -2.21. The third-order valence-electron chi connectivity index (χ3n) is 5.80. The van der Waals surface area contributed by atoms with Gasteiger partial charge in [0.25, 0.3) is 0 Å². The van der Waals surface area contributed by atoms with E-state index < -0.39 is 17.7 Å². The monoisotopic (exact) mass is 494 g/mol. The summed E-state index contributed by atoms with van der Waals surface area (Å²) in [4.78, 5) is 31.7. The first-order chi connectivity index (χ1) is 17.7. The molecule has 1 aliphatic heterocycles. The second-order valence-corrected chi connectivity index (χ2v) is 9.94. The molecule has 1 aliphatic rings. The molecule has 1 atom stereocenters. The van der Waals surface area contributed by atoms with Crippen molar-refractivity contribution in [2.75, 3.05) is 6.54 Å². The first-order valence-corrected chi connectivity index (χ1v) is 12.2. The number of hydrogen-bond donors (Lipinski definition) is 1. The van der Waals surface area contributed by atoms with Crippen LogP contribution in [0, 0.1) is 11.3 Å². The molecular formula is C30H30N4O3. The number of aliphatic imine (C=N–C) groups is 1. The third-order valence-corrected chi connectivity index (χ3v) is 5.80. The fraction of sp³-hybridized carbons (Fsp3) is 0.267. The number of rotatable bonds is 6. The number of nitrogens with zero attached hydrogens (tertiary/aromatic N) is 3. The molecule has 4 rings (SSSR count). The van der Waals surface area contributed by atoms with E-state index in [4.69, 9.17) is 9.73 Å². The maximum absolute atomic E-state index is 13.0. The first kappa shape index (κ1) is 25.6. The lowest BCUT2D eigenvalue weighted by molar-refractivity contribution is -0.129. The van der Waals surface area contributed by atoms with Gasteiger partial charge in [-0.3, -0.25) is 4.79 Å². The highest BCUT2D eigenvalue weighted by molar-refractivity contribution is 6.13. The Balaban J connectivity index is 1.58. The minimum Gasteiger partial charge on any atom is -0.444 e. The molecule has 3 aromatic rings. The number of carbonyl (C=O) groups excluding carboxylic acids is 2. The van der Waals surface area contributed by atoms with E-state index in [0.29, 0.717) is 30.8 Å². The average molecular weight is 495 g/mol. The van der Waals surface area contributed by atoms with Gasteiger partial charge in [0.15, 0.2) is 0 Å². The quantitative estimate of drug-likeness (QED) is 0.467. The number of ether oxygens (including phenoxy) is 1. The Bertz CT molecular complexity index is 1300. The molecule has 37 heavy (non-hydrogen) atoms. The van der Waals surface area contributed by atoms with Crippen molar-refractivity contribution in [1.82, 2.24) is 10.2 Å². The van der Waals surface area contributed by atoms with Crippen LogP contribution in [0.4, 0.5) is 10.5 Å². The van der Waals surface area contributed by atoms with Gasteiger partial charge in [-0.25, -0.2) is 9.79 Å². The molecule has 1 N–H and O–H groups in total. The van der Waals surface area contributed by atoms with Crippen LogP contribution in [0.25, 0.3) is 0 Å². The molecule has 2 amide bonds. The van der Waals surface area contributed by atoms with Crippen molar-refractivity contribution in [1.29, 1.82) is 5.26 Å². The SMILES string of the molecule is CC(C)(C)OC(=O)N[C@H]1CCN(Cc2cc(C#N)cc(N=C(c3ccccc3)c3ccccc3)c2)C1=O. The van der Waals surface area contributed by atoms with Gasteiger partial charge in [0.1, 0.15) is 11.6 Å². The number of hydrogen-bond acceptors (Lipinski definition) is 5. The molecule has 3 aromatic carbocycles. The molecule has 0 aromatic heterocycles. The van der Waals surface area contributed by atoms with Crippen molar-refractivity contribution < 1.29 is 14.3 Å². The number of amides is 2. The summed E-state index contributed by atoms with van der Waals surface area (Å²) in [6, 6.07) is 26.8. The van der Waals surface area contributed by atoms with Gasteiger partial charge >= 0.3 is 6.09 Å². The second kappa shape index (κ2) is 11.1. The van der Waals surface area contributed by atoms with Gasteiger partial charge in [-0.05, 0) is 51.0 Å². The summed E-state index contributed by atoms with van der Waals surface area (Å²) in [6.45, 7) is 6.14. The lowest BCUT2D eigenvalue weighted by atomic mass is 10.0. The van der Waals surface area contributed by atoms with Gasteiger partial charge in [-0.2, -0.15) is 5.26 Å². The molecule has 0 aliphatic carbocycles. The summed E-state index contributed by atoms with van der Waals surface area (Å²) in [6.07, 6.45) is -0.113. The Kier molecular flexibility index (Phi) is 7.69. The maximum atomic E-state index is 13.0. The van der Waals surface area contributed by atoms with Crippen LogP contribution in [-0.2, 0) is 16.1 Å². The number of carbonyl (C=O) groups is 2. The fourth-order valence-corrected chi connectivity index (χ4v) is 4.21. The van der Waals surface area contributed by atoms with E-state index in [9.17, 15) is 14.9 Å². The smallest absolute Gasteiger partial charge is 0.408 e. The first-order valence-electron chi connectivity index (χ1n) is 12.2. The number of alkyl carbamates (subject to hydrolysis) is 1. The molecule has 0 spiro atoms. The van der Waals surface area contributed by atoms with Crippen molar-refractivity contribution >= 4 is 23.4 Å². The van der Waals surface area contributed by atoms with Crippen LogP contribution in [-0.4, -0.2) is 40.8 Å². The van der Waals surface area contributed by atoms with Crippen molar-refractivity contribution in [3.63, 3.8) is 0 Å². The molecule has 7 nitrogen and oxygen atoms in total. The highest BCUT2D eigenvalue weighted by atomic mass is 16.6. The summed E-state index contributed by atoms with van der Waals surface area (Å²) < 4.78 is 5.29.